The smallest absolute Gasteiger partial charge is 0.328 e. The summed E-state index contributed by atoms with van der Waals surface area (Å²) in [6.45, 7) is -0.859. The molecule has 0 unspecified atom stereocenters. The number of hydrogen-bond donors (Lipinski definition) is 2. The number of nitrogens with one attached hydrogen (secondary N) is 1. The van der Waals surface area contributed by atoms with Gasteiger partial charge in [0.05, 0.1) is 6.04 Å². The summed E-state index contributed by atoms with van der Waals surface area (Å²) in [5.41, 5.74) is 0.398. The van der Waals surface area contributed by atoms with E-state index in [-0.39, 0.29) is 0 Å². The molecule has 0 fully saturated rings. The third kappa shape index (κ3) is 4.46. The molecule has 0 aromatic heterocycles. The van der Waals surface area contributed by atoms with E-state index in [2.05, 4.69) is 5.32 Å². The molecule has 4 nitrogen and oxygen atoms in total. The van der Waals surface area contributed by atoms with Gasteiger partial charge in [-0.1, -0.05) is 24.3 Å². The fourth-order valence-electron chi connectivity index (χ4n) is 1.18. The maximum atomic E-state index is 12.5. The minimum absolute atomic E-state index is 0.398. The Balaban J connectivity index is 2.63. The molecule has 17 heavy (non-hydrogen) atoms. The minimum atomic E-state index is -1.18. The molecule has 0 saturated heterocycles. The van der Waals surface area contributed by atoms with Crippen LogP contribution in [0.25, 0.3) is 0 Å². The van der Waals surface area contributed by atoms with Crippen molar-refractivity contribution in [1.82, 2.24) is 5.32 Å². The molecule has 90 valence electrons. The van der Waals surface area contributed by atoms with Crippen molar-refractivity contribution in [3.05, 3.63) is 48.0 Å². The van der Waals surface area contributed by atoms with Gasteiger partial charge < -0.3 is 10.4 Å². The topological polar surface area (TPSA) is 66.4 Å². The van der Waals surface area contributed by atoms with E-state index in [1.54, 1.807) is 30.3 Å². The number of rotatable bonds is 5. The van der Waals surface area contributed by atoms with Gasteiger partial charge in [-0.2, -0.15) is 0 Å². The summed E-state index contributed by atoms with van der Waals surface area (Å²) in [5, 5.41) is 10.8. The molecule has 2 N–H and O–H groups in total. The lowest BCUT2D eigenvalue weighted by Crippen LogP contribution is -2.35. The molecule has 1 aromatic rings. The van der Waals surface area contributed by atoms with Gasteiger partial charge in [-0.05, 0) is 12.1 Å². The Bertz CT molecular complexity index is 417. The van der Waals surface area contributed by atoms with Gasteiger partial charge in [-0.15, -0.1) is 0 Å². The third-order valence-corrected chi connectivity index (χ3v) is 1.99. The number of carbonyl (C=O) groups is 2. The first-order valence-corrected chi connectivity index (χ1v) is 4.96. The van der Waals surface area contributed by atoms with E-state index in [1.165, 1.54) is 0 Å². The van der Waals surface area contributed by atoms with E-state index in [9.17, 15) is 14.0 Å². The van der Waals surface area contributed by atoms with Crippen molar-refractivity contribution in [3.63, 3.8) is 0 Å². The van der Waals surface area contributed by atoms with Crippen LogP contribution in [0.5, 0.6) is 0 Å². The predicted molar refractivity (Wildman–Crippen MR) is 60.4 cm³/mol. The summed E-state index contributed by atoms with van der Waals surface area (Å²) in [7, 11) is 0. The Morgan fingerprint density at radius 3 is 2.53 bits per heavy atom. The van der Waals surface area contributed by atoms with E-state index in [0.717, 1.165) is 12.2 Å². The number of amides is 1. The van der Waals surface area contributed by atoms with Gasteiger partial charge in [-0.25, -0.2) is 9.18 Å². The highest BCUT2D eigenvalue weighted by atomic mass is 19.1. The normalized spacial score (nSPS) is 12.3. The summed E-state index contributed by atoms with van der Waals surface area (Å²) in [6, 6.07) is 7.38. The van der Waals surface area contributed by atoms with Gasteiger partial charge in [0, 0.05) is 11.6 Å². The Labute approximate surface area is 97.8 Å². The van der Waals surface area contributed by atoms with E-state index in [4.69, 9.17) is 5.11 Å². The first-order valence-electron chi connectivity index (χ1n) is 4.96. The summed E-state index contributed by atoms with van der Waals surface area (Å²) < 4.78 is 12.5. The number of halogens is 1. The van der Waals surface area contributed by atoms with E-state index < -0.39 is 24.6 Å². The highest BCUT2D eigenvalue weighted by Crippen LogP contribution is 1.99. The molecule has 0 saturated carbocycles. The lowest BCUT2D eigenvalue weighted by atomic mass is 10.2. The quantitative estimate of drug-likeness (QED) is 0.760. The molecule has 1 atom stereocenters. The van der Waals surface area contributed by atoms with Gasteiger partial charge >= 0.3 is 5.97 Å². The van der Waals surface area contributed by atoms with E-state index in [1.807, 2.05) is 0 Å². The lowest BCUT2D eigenvalue weighted by Gasteiger charge is -2.10. The van der Waals surface area contributed by atoms with Crippen molar-refractivity contribution >= 4 is 11.9 Å². The van der Waals surface area contributed by atoms with Gasteiger partial charge in [0.15, 0.2) is 0 Å². The van der Waals surface area contributed by atoms with Gasteiger partial charge in [0.1, 0.15) is 6.67 Å². The molecule has 0 aliphatic rings. The Morgan fingerprint density at radius 2 is 2.00 bits per heavy atom. The van der Waals surface area contributed by atoms with Crippen molar-refractivity contribution in [2.24, 2.45) is 0 Å². The number of carbonyl (C=O) groups excluding carboxylic acids is 1. The van der Waals surface area contributed by atoms with Crippen molar-refractivity contribution in [3.8, 4) is 0 Å². The number of hydrogen-bond acceptors (Lipinski definition) is 2. The molecule has 0 bridgehead atoms. The second-order valence-corrected chi connectivity index (χ2v) is 3.30. The highest BCUT2D eigenvalue weighted by Gasteiger charge is 2.10. The second kappa shape index (κ2) is 6.42. The van der Waals surface area contributed by atoms with Crippen molar-refractivity contribution in [2.75, 3.05) is 6.67 Å². The molecule has 1 aromatic carbocycles. The monoisotopic (exact) mass is 237 g/mol. The first kappa shape index (κ1) is 12.9. The van der Waals surface area contributed by atoms with Crippen LogP contribution in [0.15, 0.2) is 42.5 Å². The SMILES string of the molecule is O=C(O)/C=C/[C@@H](CF)NC(=O)c1ccccc1. The summed E-state index contributed by atoms with van der Waals surface area (Å²) in [6.07, 6.45) is 1.90. The number of carboxylic acids is 1. The summed E-state index contributed by atoms with van der Waals surface area (Å²) in [5.74, 6) is -1.62. The van der Waals surface area contributed by atoms with E-state index in [0.29, 0.717) is 5.56 Å². The minimum Gasteiger partial charge on any atom is -0.478 e. The standard InChI is InChI=1S/C12H12FNO3/c13-8-10(6-7-11(15)16)14-12(17)9-4-2-1-3-5-9/h1-7,10H,8H2,(H,14,17)(H,15,16)/b7-6+/t10-/m0/s1. The van der Waals surface area contributed by atoms with Crippen LogP contribution in [-0.4, -0.2) is 29.7 Å². The second-order valence-electron chi connectivity index (χ2n) is 3.30. The maximum absolute atomic E-state index is 12.5. The van der Waals surface area contributed by atoms with Crippen LogP contribution < -0.4 is 5.32 Å². The van der Waals surface area contributed by atoms with Crippen LogP contribution in [0.4, 0.5) is 4.39 Å². The maximum Gasteiger partial charge on any atom is 0.328 e. The molecule has 0 spiro atoms. The fourth-order valence-corrected chi connectivity index (χ4v) is 1.18. The Hall–Kier alpha value is -2.17. The molecule has 1 amide bonds. The average molecular weight is 237 g/mol. The molecular weight excluding hydrogens is 225 g/mol. The fraction of sp³-hybridized carbons (Fsp3) is 0.167. The molecule has 0 aliphatic heterocycles. The van der Waals surface area contributed by atoms with Crippen molar-refractivity contribution < 1.29 is 19.1 Å². The molecule has 0 heterocycles. The van der Waals surface area contributed by atoms with Crippen LogP contribution in [0, 0.1) is 0 Å². The molecular formula is C12H12FNO3. The molecule has 1 rings (SSSR count). The largest absolute Gasteiger partial charge is 0.478 e. The van der Waals surface area contributed by atoms with Gasteiger partial charge in [0.2, 0.25) is 0 Å². The number of carboxylic acid groups (broad SMARTS) is 1. The number of alkyl halides is 1. The third-order valence-electron chi connectivity index (χ3n) is 1.99. The van der Waals surface area contributed by atoms with Crippen LogP contribution in [0.3, 0.4) is 0 Å². The summed E-state index contributed by atoms with van der Waals surface area (Å²) >= 11 is 0. The van der Waals surface area contributed by atoms with Crippen LogP contribution in [0.1, 0.15) is 10.4 Å². The predicted octanol–water partition coefficient (Wildman–Crippen LogP) is 1.40. The highest BCUT2D eigenvalue weighted by molar-refractivity contribution is 5.94. The van der Waals surface area contributed by atoms with Crippen LogP contribution in [-0.2, 0) is 4.79 Å². The van der Waals surface area contributed by atoms with E-state index >= 15 is 0 Å². The zero-order valence-corrected chi connectivity index (χ0v) is 8.97. The Morgan fingerprint density at radius 1 is 1.35 bits per heavy atom. The van der Waals surface area contributed by atoms with Gasteiger partial charge in [0.25, 0.3) is 5.91 Å². The zero-order valence-electron chi connectivity index (χ0n) is 8.97. The number of benzene rings is 1. The average Bonchev–Trinajstić information content (AvgIpc) is 2.35. The Kier molecular flexibility index (Phi) is 4.87. The van der Waals surface area contributed by atoms with Gasteiger partial charge in [-0.3, -0.25) is 4.79 Å². The molecule has 5 heteroatoms. The van der Waals surface area contributed by atoms with Crippen LogP contribution in [0.2, 0.25) is 0 Å². The summed E-state index contributed by atoms with van der Waals surface area (Å²) in [4.78, 5) is 21.9. The first-order chi connectivity index (χ1) is 8.13. The van der Waals surface area contributed by atoms with Crippen molar-refractivity contribution in [2.45, 2.75) is 6.04 Å². The molecule has 0 aliphatic carbocycles. The lowest BCUT2D eigenvalue weighted by molar-refractivity contribution is -0.131. The zero-order chi connectivity index (χ0) is 12.7. The van der Waals surface area contributed by atoms with Crippen LogP contribution >= 0.6 is 0 Å². The number of aliphatic carboxylic acids is 1. The molecule has 0 radical (unpaired) electrons. The van der Waals surface area contributed by atoms with Crippen molar-refractivity contribution in [1.29, 1.82) is 0 Å².